The maximum absolute atomic E-state index is 12.3. The smallest absolute Gasteiger partial charge is 0.312 e. The molecule has 9 heteroatoms. The van der Waals surface area contributed by atoms with Crippen LogP contribution in [-0.2, 0) is 11.3 Å². The van der Waals surface area contributed by atoms with Crippen molar-refractivity contribution in [3.8, 4) is 0 Å². The number of anilines is 1. The summed E-state index contributed by atoms with van der Waals surface area (Å²) in [4.78, 5) is 22.8. The molecule has 0 aliphatic heterocycles. The van der Waals surface area contributed by atoms with Gasteiger partial charge in [-0.15, -0.1) is 0 Å². The second-order valence-electron chi connectivity index (χ2n) is 5.48. The van der Waals surface area contributed by atoms with Gasteiger partial charge in [0.15, 0.2) is 0 Å². The number of carbonyl (C=O) groups is 1. The Balaban J connectivity index is 2.10. The Morgan fingerprint density at radius 3 is 2.58 bits per heavy atom. The molecule has 128 valence electrons. The Labute approximate surface area is 148 Å². The Morgan fingerprint density at radius 2 is 2.04 bits per heavy atom. The van der Waals surface area contributed by atoms with E-state index >= 15 is 0 Å². The fraction of sp³-hybridized carbons (Fsp3) is 0.333. The van der Waals surface area contributed by atoms with Gasteiger partial charge >= 0.3 is 5.69 Å². The van der Waals surface area contributed by atoms with Crippen LogP contribution in [0.2, 0.25) is 10.0 Å². The van der Waals surface area contributed by atoms with Gasteiger partial charge < -0.3 is 5.32 Å². The number of hydrogen-bond donors (Lipinski definition) is 1. The average Bonchev–Trinajstić information content (AvgIpc) is 2.77. The predicted octanol–water partition coefficient (Wildman–Crippen LogP) is 3.99. The number of nitrogens with one attached hydrogen (secondary N) is 1. The van der Waals surface area contributed by atoms with E-state index in [9.17, 15) is 14.9 Å². The molecule has 1 N–H and O–H groups in total. The fourth-order valence-corrected chi connectivity index (χ4v) is 2.61. The maximum Gasteiger partial charge on any atom is 0.312 e. The maximum atomic E-state index is 12.3. The van der Waals surface area contributed by atoms with E-state index in [-0.39, 0.29) is 18.1 Å². The van der Waals surface area contributed by atoms with Crippen molar-refractivity contribution in [1.82, 2.24) is 9.78 Å². The molecule has 1 unspecified atom stereocenters. The molecule has 0 bridgehead atoms. The van der Waals surface area contributed by atoms with Crippen LogP contribution < -0.4 is 5.32 Å². The number of carbonyl (C=O) groups excluding carboxylic acids is 1. The molecule has 0 fully saturated rings. The minimum Gasteiger partial charge on any atom is -0.326 e. The quantitative estimate of drug-likeness (QED) is 0.636. The zero-order chi connectivity index (χ0) is 18.0. The van der Waals surface area contributed by atoms with Crippen LogP contribution in [-0.4, -0.2) is 20.6 Å². The summed E-state index contributed by atoms with van der Waals surface area (Å²) >= 11 is 11.8. The summed E-state index contributed by atoms with van der Waals surface area (Å²) in [6.45, 7) is 5.13. The van der Waals surface area contributed by atoms with Crippen molar-refractivity contribution in [2.75, 3.05) is 5.32 Å². The van der Waals surface area contributed by atoms with Crippen molar-refractivity contribution < 1.29 is 9.72 Å². The number of halogens is 2. The molecule has 0 radical (unpaired) electrons. The molecule has 1 amide bonds. The topological polar surface area (TPSA) is 90.1 Å². The van der Waals surface area contributed by atoms with Crippen LogP contribution >= 0.6 is 23.2 Å². The summed E-state index contributed by atoms with van der Waals surface area (Å²) in [7, 11) is 0. The molecule has 1 aromatic heterocycles. The zero-order valence-corrected chi connectivity index (χ0v) is 14.9. The Kier molecular flexibility index (Phi) is 5.46. The number of aromatic nitrogens is 2. The molecule has 0 saturated heterocycles. The molecule has 24 heavy (non-hydrogen) atoms. The highest BCUT2D eigenvalue weighted by molar-refractivity contribution is 6.42. The number of hydrogen-bond acceptors (Lipinski definition) is 4. The van der Waals surface area contributed by atoms with E-state index in [4.69, 9.17) is 23.2 Å². The van der Waals surface area contributed by atoms with Gasteiger partial charge in [-0.1, -0.05) is 30.1 Å². The summed E-state index contributed by atoms with van der Waals surface area (Å²) in [6, 6.07) is 4.80. The van der Waals surface area contributed by atoms with Gasteiger partial charge in [0.25, 0.3) is 0 Å². The Morgan fingerprint density at radius 1 is 1.38 bits per heavy atom. The first-order valence-electron chi connectivity index (χ1n) is 7.15. The van der Waals surface area contributed by atoms with Gasteiger partial charge in [-0.3, -0.25) is 19.6 Å². The van der Waals surface area contributed by atoms with Gasteiger partial charge in [0.2, 0.25) is 5.91 Å². The number of nitrogens with zero attached hydrogens (tertiary/aromatic N) is 3. The van der Waals surface area contributed by atoms with Crippen molar-refractivity contribution >= 4 is 40.5 Å². The lowest BCUT2D eigenvalue weighted by Gasteiger charge is -2.13. The van der Waals surface area contributed by atoms with E-state index in [2.05, 4.69) is 10.4 Å². The lowest BCUT2D eigenvalue weighted by Crippen LogP contribution is -2.25. The zero-order valence-electron chi connectivity index (χ0n) is 13.3. The van der Waals surface area contributed by atoms with Crippen molar-refractivity contribution in [3.05, 3.63) is 49.7 Å². The summed E-state index contributed by atoms with van der Waals surface area (Å²) < 4.78 is 1.48. The molecule has 0 aliphatic carbocycles. The van der Waals surface area contributed by atoms with Crippen molar-refractivity contribution in [2.45, 2.75) is 27.3 Å². The van der Waals surface area contributed by atoms with Crippen molar-refractivity contribution in [2.24, 2.45) is 5.92 Å². The molecule has 0 saturated carbocycles. The molecule has 1 atom stereocenters. The van der Waals surface area contributed by atoms with E-state index in [1.165, 1.54) is 4.68 Å². The van der Waals surface area contributed by atoms with E-state index in [1.54, 1.807) is 39.0 Å². The molecule has 1 heterocycles. The average molecular weight is 371 g/mol. The summed E-state index contributed by atoms with van der Waals surface area (Å²) in [5.41, 5.74) is 1.26. The monoisotopic (exact) mass is 370 g/mol. The largest absolute Gasteiger partial charge is 0.326 e. The highest BCUT2D eigenvalue weighted by atomic mass is 35.5. The Bertz CT molecular complexity index is 804. The van der Waals surface area contributed by atoms with E-state index in [0.29, 0.717) is 27.1 Å². The third kappa shape index (κ3) is 3.85. The number of nitro groups is 1. The predicted molar refractivity (Wildman–Crippen MR) is 92.6 cm³/mol. The Hall–Kier alpha value is -2.12. The molecule has 2 aromatic rings. The normalized spacial score (nSPS) is 12.0. The molecule has 0 aliphatic rings. The third-order valence-corrected chi connectivity index (χ3v) is 4.35. The standard InChI is InChI=1S/C15H16Cl2N4O3/c1-8(7-20-10(3)14(21(23)24)9(2)19-20)15(22)18-11-4-5-12(16)13(17)6-11/h4-6,8H,7H2,1-3H3,(H,18,22). The highest BCUT2D eigenvalue weighted by Crippen LogP contribution is 2.26. The highest BCUT2D eigenvalue weighted by Gasteiger charge is 2.24. The van der Waals surface area contributed by atoms with Gasteiger partial charge in [0.05, 0.1) is 27.4 Å². The molecular weight excluding hydrogens is 355 g/mol. The van der Waals surface area contributed by atoms with Crippen LogP contribution in [0.5, 0.6) is 0 Å². The van der Waals surface area contributed by atoms with E-state index in [1.807, 2.05) is 0 Å². The van der Waals surface area contributed by atoms with Crippen LogP contribution in [0.1, 0.15) is 18.3 Å². The first kappa shape index (κ1) is 18.2. The minimum absolute atomic E-state index is 0.0212. The summed E-state index contributed by atoms with van der Waals surface area (Å²) in [6.07, 6.45) is 0. The van der Waals surface area contributed by atoms with Gasteiger partial charge in [-0.2, -0.15) is 5.10 Å². The van der Waals surface area contributed by atoms with E-state index < -0.39 is 10.8 Å². The first-order valence-corrected chi connectivity index (χ1v) is 7.90. The third-order valence-electron chi connectivity index (χ3n) is 3.61. The molecule has 2 rings (SSSR count). The molecule has 7 nitrogen and oxygen atoms in total. The van der Waals surface area contributed by atoms with Crippen molar-refractivity contribution in [3.63, 3.8) is 0 Å². The molecule has 0 spiro atoms. The SMILES string of the molecule is Cc1nn(CC(C)C(=O)Nc2ccc(Cl)c(Cl)c2)c(C)c1[N+](=O)[O-]. The number of amides is 1. The van der Waals surface area contributed by atoms with Crippen LogP contribution in [0.25, 0.3) is 0 Å². The van der Waals surface area contributed by atoms with Crippen molar-refractivity contribution in [1.29, 1.82) is 0 Å². The second-order valence-corrected chi connectivity index (χ2v) is 6.29. The number of aryl methyl sites for hydroxylation is 1. The summed E-state index contributed by atoms with van der Waals surface area (Å²) in [5.74, 6) is -0.694. The van der Waals surface area contributed by atoms with Gasteiger partial charge in [-0.05, 0) is 32.0 Å². The van der Waals surface area contributed by atoms with Crippen LogP contribution in [0, 0.1) is 29.9 Å². The van der Waals surface area contributed by atoms with Crippen LogP contribution in [0.15, 0.2) is 18.2 Å². The summed E-state index contributed by atoms with van der Waals surface area (Å²) in [5, 5.41) is 18.6. The lowest BCUT2D eigenvalue weighted by molar-refractivity contribution is -0.386. The minimum atomic E-state index is -0.464. The number of benzene rings is 1. The van der Waals surface area contributed by atoms with Gasteiger partial charge in [-0.25, -0.2) is 0 Å². The van der Waals surface area contributed by atoms with Crippen LogP contribution in [0.4, 0.5) is 11.4 Å². The van der Waals surface area contributed by atoms with E-state index in [0.717, 1.165) is 0 Å². The van der Waals surface area contributed by atoms with Crippen LogP contribution in [0.3, 0.4) is 0 Å². The molecular formula is C15H16Cl2N4O3. The molecule has 1 aromatic carbocycles. The fourth-order valence-electron chi connectivity index (χ4n) is 2.31. The number of rotatable bonds is 5. The second kappa shape index (κ2) is 7.19. The van der Waals surface area contributed by atoms with Gasteiger partial charge in [0.1, 0.15) is 11.4 Å². The van der Waals surface area contributed by atoms with Gasteiger partial charge in [0, 0.05) is 5.69 Å². The first-order chi connectivity index (χ1) is 11.2. The lowest BCUT2D eigenvalue weighted by atomic mass is 10.1.